The van der Waals surface area contributed by atoms with E-state index in [1.165, 1.54) is 10.4 Å². The highest BCUT2D eigenvalue weighted by molar-refractivity contribution is 7.89. The quantitative estimate of drug-likeness (QED) is 0.764. The number of sulfonamides is 1. The maximum absolute atomic E-state index is 13.0. The third kappa shape index (κ3) is 4.02. The van der Waals surface area contributed by atoms with Crippen LogP contribution >= 0.6 is 0 Å². The van der Waals surface area contributed by atoms with Crippen LogP contribution in [0, 0.1) is 11.8 Å². The molecule has 0 bridgehead atoms. The summed E-state index contributed by atoms with van der Waals surface area (Å²) < 4.78 is 66.1. The monoisotopic (exact) mass is 431 g/mol. The predicted molar refractivity (Wildman–Crippen MR) is 99.4 cm³/mol. The summed E-state index contributed by atoms with van der Waals surface area (Å²) in [6.45, 7) is 1.31. The molecule has 1 saturated carbocycles. The number of amides is 1. The van der Waals surface area contributed by atoms with E-state index in [0.29, 0.717) is 6.07 Å². The number of benzene rings is 1. The van der Waals surface area contributed by atoms with Gasteiger partial charge in [-0.15, -0.1) is 0 Å². The molecule has 3 aliphatic rings. The molecular formula is C19H24F3N3O3S. The van der Waals surface area contributed by atoms with Crippen LogP contribution in [0.5, 0.6) is 0 Å². The van der Waals surface area contributed by atoms with Crippen LogP contribution in [0.4, 0.5) is 13.2 Å². The minimum atomic E-state index is -4.60. The number of carbonyl (C=O) groups excluding carboxylic acids is 1. The molecule has 0 aromatic heterocycles. The average Bonchev–Trinajstić information content (AvgIpc) is 3.39. The summed E-state index contributed by atoms with van der Waals surface area (Å²) in [5.41, 5.74) is -0.979. The van der Waals surface area contributed by atoms with E-state index in [-0.39, 0.29) is 47.8 Å². The lowest BCUT2D eigenvalue weighted by atomic mass is 9.97. The fourth-order valence-corrected chi connectivity index (χ4v) is 6.35. The molecule has 4 atom stereocenters. The number of hydrogen-bond donors (Lipinski definition) is 2. The minimum Gasteiger partial charge on any atom is -0.352 e. The summed E-state index contributed by atoms with van der Waals surface area (Å²) in [6.07, 6.45) is -1.26. The van der Waals surface area contributed by atoms with Crippen molar-refractivity contribution in [2.45, 2.75) is 48.8 Å². The molecule has 1 aromatic carbocycles. The van der Waals surface area contributed by atoms with Crippen molar-refractivity contribution in [2.75, 3.05) is 19.6 Å². The molecule has 10 heteroatoms. The molecule has 2 saturated heterocycles. The van der Waals surface area contributed by atoms with Crippen LogP contribution in [0.15, 0.2) is 29.2 Å². The van der Waals surface area contributed by atoms with Crippen molar-refractivity contribution in [3.05, 3.63) is 29.8 Å². The van der Waals surface area contributed by atoms with E-state index in [0.717, 1.165) is 44.4 Å². The molecule has 0 spiro atoms. The summed E-state index contributed by atoms with van der Waals surface area (Å²) in [5, 5.41) is 6.21. The second-order valence-corrected chi connectivity index (χ2v) is 10.1. The first-order valence-corrected chi connectivity index (χ1v) is 11.3. The number of rotatable bonds is 4. The van der Waals surface area contributed by atoms with Gasteiger partial charge in [0.1, 0.15) is 0 Å². The van der Waals surface area contributed by atoms with Gasteiger partial charge < -0.3 is 10.6 Å². The van der Waals surface area contributed by atoms with Crippen molar-refractivity contribution >= 4 is 15.9 Å². The van der Waals surface area contributed by atoms with Crippen LogP contribution in [-0.2, 0) is 21.0 Å². The van der Waals surface area contributed by atoms with Gasteiger partial charge in [-0.3, -0.25) is 4.79 Å². The van der Waals surface area contributed by atoms with Gasteiger partial charge in [0, 0.05) is 19.1 Å². The van der Waals surface area contributed by atoms with E-state index in [1.807, 2.05) is 0 Å². The van der Waals surface area contributed by atoms with Crippen LogP contribution in [0.1, 0.15) is 31.2 Å². The molecule has 2 heterocycles. The largest absolute Gasteiger partial charge is 0.416 e. The Kier molecular flexibility index (Phi) is 5.37. The Morgan fingerprint density at radius 1 is 1.17 bits per heavy atom. The highest BCUT2D eigenvalue weighted by Crippen LogP contribution is 2.40. The van der Waals surface area contributed by atoms with E-state index < -0.39 is 21.8 Å². The molecule has 1 aliphatic carbocycles. The van der Waals surface area contributed by atoms with Gasteiger partial charge in [0.2, 0.25) is 15.9 Å². The number of nitrogens with zero attached hydrogens (tertiary/aromatic N) is 1. The summed E-state index contributed by atoms with van der Waals surface area (Å²) in [4.78, 5) is 12.1. The van der Waals surface area contributed by atoms with Crippen molar-refractivity contribution in [1.82, 2.24) is 14.9 Å². The third-order valence-electron chi connectivity index (χ3n) is 6.33. The molecule has 0 unspecified atom stereocenters. The summed E-state index contributed by atoms with van der Waals surface area (Å²) in [6, 6.07) is 3.57. The van der Waals surface area contributed by atoms with E-state index >= 15 is 0 Å². The molecule has 2 aliphatic heterocycles. The van der Waals surface area contributed by atoms with Crippen molar-refractivity contribution in [3.63, 3.8) is 0 Å². The van der Waals surface area contributed by atoms with Crippen LogP contribution in [0.2, 0.25) is 0 Å². The zero-order valence-electron chi connectivity index (χ0n) is 15.8. The topological polar surface area (TPSA) is 78.5 Å². The lowest BCUT2D eigenvalue weighted by molar-refractivity contribution is -0.137. The lowest BCUT2D eigenvalue weighted by Crippen LogP contribution is -2.47. The molecule has 1 aromatic rings. The lowest BCUT2D eigenvalue weighted by Gasteiger charge is -2.23. The minimum absolute atomic E-state index is 0.0130. The molecule has 0 radical (unpaired) electrons. The molecule has 6 nitrogen and oxygen atoms in total. The van der Waals surface area contributed by atoms with Gasteiger partial charge in [-0.05, 0) is 62.3 Å². The van der Waals surface area contributed by atoms with Crippen molar-refractivity contribution in [1.29, 1.82) is 0 Å². The molecule has 29 heavy (non-hydrogen) atoms. The Balaban J connectivity index is 1.47. The van der Waals surface area contributed by atoms with Crippen molar-refractivity contribution in [2.24, 2.45) is 11.8 Å². The SMILES string of the molecule is O=C(N[C@@H]1CC[C@H]2CN(S(=O)(=O)c3cccc(C(F)(F)F)c3)C[C@H]21)[C@@H]1CCCN1. The second kappa shape index (κ2) is 7.55. The first-order valence-electron chi connectivity index (χ1n) is 9.87. The maximum Gasteiger partial charge on any atom is 0.416 e. The first-order chi connectivity index (χ1) is 13.7. The van der Waals surface area contributed by atoms with E-state index in [4.69, 9.17) is 0 Å². The number of hydrogen-bond acceptors (Lipinski definition) is 4. The molecule has 3 fully saturated rings. The number of halogens is 3. The Bertz CT molecular complexity index is 884. The van der Waals surface area contributed by atoms with Gasteiger partial charge in [0.05, 0.1) is 16.5 Å². The van der Waals surface area contributed by atoms with Crippen LogP contribution in [-0.4, -0.2) is 50.3 Å². The Hall–Kier alpha value is -1.65. The molecule has 1 amide bonds. The van der Waals surface area contributed by atoms with Crippen LogP contribution in [0.25, 0.3) is 0 Å². The summed E-state index contributed by atoms with van der Waals surface area (Å²) in [7, 11) is -4.02. The van der Waals surface area contributed by atoms with Crippen LogP contribution in [0.3, 0.4) is 0 Å². The number of alkyl halides is 3. The fourth-order valence-electron chi connectivity index (χ4n) is 4.77. The predicted octanol–water partition coefficient (Wildman–Crippen LogP) is 1.97. The average molecular weight is 431 g/mol. The van der Waals surface area contributed by atoms with E-state index in [2.05, 4.69) is 10.6 Å². The van der Waals surface area contributed by atoms with Crippen LogP contribution < -0.4 is 10.6 Å². The van der Waals surface area contributed by atoms with Crippen molar-refractivity contribution < 1.29 is 26.4 Å². The summed E-state index contributed by atoms with van der Waals surface area (Å²) >= 11 is 0. The highest BCUT2D eigenvalue weighted by Gasteiger charge is 2.47. The van der Waals surface area contributed by atoms with E-state index in [1.54, 1.807) is 0 Å². The number of nitrogens with one attached hydrogen (secondary N) is 2. The summed E-state index contributed by atoms with van der Waals surface area (Å²) in [5.74, 6) is 0.0469. The second-order valence-electron chi connectivity index (χ2n) is 8.11. The van der Waals surface area contributed by atoms with E-state index in [9.17, 15) is 26.4 Å². The third-order valence-corrected chi connectivity index (χ3v) is 8.15. The van der Waals surface area contributed by atoms with Gasteiger partial charge >= 0.3 is 6.18 Å². The molecular weight excluding hydrogens is 407 g/mol. The fraction of sp³-hybridized carbons (Fsp3) is 0.632. The van der Waals surface area contributed by atoms with Gasteiger partial charge in [-0.2, -0.15) is 17.5 Å². The van der Waals surface area contributed by atoms with Gasteiger partial charge in [-0.1, -0.05) is 6.07 Å². The molecule has 2 N–H and O–H groups in total. The smallest absolute Gasteiger partial charge is 0.352 e. The highest BCUT2D eigenvalue weighted by atomic mass is 32.2. The van der Waals surface area contributed by atoms with Crippen molar-refractivity contribution in [3.8, 4) is 0 Å². The Morgan fingerprint density at radius 3 is 2.66 bits per heavy atom. The maximum atomic E-state index is 13.0. The standard InChI is InChI=1S/C19H24F3N3O3S/c20-19(21,22)13-3-1-4-14(9-13)29(27,28)25-10-12-6-7-16(15(12)11-25)24-18(26)17-5-2-8-23-17/h1,3-4,9,12,15-17,23H,2,5-8,10-11H2,(H,24,26)/t12-,15+,16+,17-/m0/s1. The van der Waals surface area contributed by atoms with Gasteiger partial charge in [-0.25, -0.2) is 8.42 Å². The van der Waals surface area contributed by atoms with Gasteiger partial charge in [0.25, 0.3) is 0 Å². The Labute approximate surface area is 167 Å². The number of fused-ring (bicyclic) bond motifs is 1. The zero-order chi connectivity index (χ0) is 20.8. The zero-order valence-corrected chi connectivity index (χ0v) is 16.6. The number of carbonyl (C=O) groups is 1. The Morgan fingerprint density at radius 2 is 1.97 bits per heavy atom. The first kappa shape index (κ1) is 20.6. The van der Waals surface area contributed by atoms with Gasteiger partial charge in [0.15, 0.2) is 0 Å². The molecule has 160 valence electrons. The molecule has 4 rings (SSSR count). The normalized spacial score (nSPS) is 30.4.